The Labute approximate surface area is 102 Å². The van der Waals surface area contributed by atoms with Crippen molar-refractivity contribution in [2.75, 3.05) is 0 Å². The minimum Gasteiger partial charge on any atom is -0.480 e. The van der Waals surface area contributed by atoms with Crippen molar-refractivity contribution in [3.05, 3.63) is 17.3 Å². The molecule has 0 aliphatic carbocycles. The van der Waals surface area contributed by atoms with Crippen molar-refractivity contribution in [1.29, 1.82) is 0 Å². The molecule has 0 fully saturated rings. The number of rotatable bonds is 5. The molecule has 8 heteroatoms. The van der Waals surface area contributed by atoms with Gasteiger partial charge in [-0.15, -0.1) is 0 Å². The molecule has 0 aliphatic heterocycles. The van der Waals surface area contributed by atoms with Gasteiger partial charge in [0.05, 0.1) is 12.1 Å². The summed E-state index contributed by atoms with van der Waals surface area (Å²) in [6.45, 7) is 3.11. The highest BCUT2D eigenvalue weighted by Gasteiger charge is 2.25. The number of carbonyl (C=O) groups excluding carboxylic acids is 2. The number of nitrogens with two attached hydrogens (primary N) is 1. The number of aromatic nitrogens is 1. The zero-order chi connectivity index (χ0) is 13.9. The van der Waals surface area contributed by atoms with E-state index in [2.05, 4.69) is 10.3 Å². The lowest BCUT2D eigenvalue weighted by molar-refractivity contribution is -0.140. The van der Waals surface area contributed by atoms with Crippen molar-refractivity contribution in [3.8, 4) is 0 Å². The third-order valence-electron chi connectivity index (χ3n) is 2.12. The van der Waals surface area contributed by atoms with E-state index >= 15 is 0 Å². The molecule has 1 aromatic rings. The first-order valence-corrected chi connectivity index (χ1v) is 5.07. The maximum absolute atomic E-state index is 11.7. The minimum atomic E-state index is -1.39. The van der Waals surface area contributed by atoms with Crippen LogP contribution >= 0.6 is 0 Å². The molecule has 1 rings (SSSR count). The zero-order valence-corrected chi connectivity index (χ0v) is 9.89. The standard InChI is InChI=1S/C10H13N3O5/c1-4-8(18-5(2)12-4)9(15)13-6(10(16)17)3-7(11)14/h6H,3H2,1-2H3,(H2,11,14)(H,13,15)(H,16,17)/t6-/m0/s1. The molecule has 0 unspecified atom stereocenters. The Morgan fingerprint density at radius 2 is 2.06 bits per heavy atom. The van der Waals surface area contributed by atoms with Gasteiger partial charge in [0.15, 0.2) is 5.89 Å². The average Bonchev–Trinajstić information content (AvgIpc) is 2.56. The van der Waals surface area contributed by atoms with Crippen LogP contribution in [0.5, 0.6) is 0 Å². The van der Waals surface area contributed by atoms with Crippen molar-refractivity contribution < 1.29 is 23.9 Å². The van der Waals surface area contributed by atoms with Gasteiger partial charge in [-0.2, -0.15) is 0 Å². The fourth-order valence-electron chi connectivity index (χ4n) is 1.37. The molecule has 1 aromatic heterocycles. The molecular weight excluding hydrogens is 242 g/mol. The smallest absolute Gasteiger partial charge is 0.326 e. The zero-order valence-electron chi connectivity index (χ0n) is 9.89. The molecule has 0 saturated carbocycles. The second kappa shape index (κ2) is 5.30. The Balaban J connectivity index is 2.81. The highest BCUT2D eigenvalue weighted by Crippen LogP contribution is 2.09. The first-order valence-electron chi connectivity index (χ1n) is 5.07. The van der Waals surface area contributed by atoms with E-state index in [0.717, 1.165) is 0 Å². The molecule has 8 nitrogen and oxygen atoms in total. The quantitative estimate of drug-likeness (QED) is 0.639. The predicted octanol–water partition coefficient (Wildman–Crippen LogP) is -0.650. The van der Waals surface area contributed by atoms with E-state index in [9.17, 15) is 14.4 Å². The van der Waals surface area contributed by atoms with Gasteiger partial charge in [0.25, 0.3) is 5.91 Å². The van der Waals surface area contributed by atoms with Crippen LogP contribution in [0.25, 0.3) is 0 Å². The van der Waals surface area contributed by atoms with Gasteiger partial charge in [0.2, 0.25) is 11.7 Å². The maximum atomic E-state index is 11.7. The summed E-state index contributed by atoms with van der Waals surface area (Å²) in [6.07, 6.45) is -0.493. The van der Waals surface area contributed by atoms with E-state index in [1.165, 1.54) is 0 Å². The second-order valence-electron chi connectivity index (χ2n) is 3.68. The first kappa shape index (κ1) is 13.7. The van der Waals surface area contributed by atoms with Gasteiger partial charge in [-0.05, 0) is 6.92 Å². The molecule has 98 valence electrons. The number of oxazole rings is 1. The molecule has 0 aliphatic rings. The molecule has 4 N–H and O–H groups in total. The normalized spacial score (nSPS) is 11.9. The molecular formula is C10H13N3O5. The van der Waals surface area contributed by atoms with Crippen molar-refractivity contribution in [3.63, 3.8) is 0 Å². The Morgan fingerprint density at radius 3 is 2.44 bits per heavy atom. The Kier molecular flexibility index (Phi) is 4.03. The highest BCUT2D eigenvalue weighted by molar-refractivity contribution is 5.96. The Hall–Kier alpha value is -2.38. The van der Waals surface area contributed by atoms with Gasteiger partial charge in [0.1, 0.15) is 6.04 Å². The van der Waals surface area contributed by atoms with Crippen molar-refractivity contribution in [2.24, 2.45) is 5.73 Å². The van der Waals surface area contributed by atoms with E-state index in [1.54, 1.807) is 13.8 Å². The molecule has 1 atom stereocenters. The van der Waals surface area contributed by atoms with Crippen LogP contribution in [0.15, 0.2) is 4.42 Å². The maximum Gasteiger partial charge on any atom is 0.326 e. The summed E-state index contributed by atoms with van der Waals surface area (Å²) in [5.41, 5.74) is 5.23. The number of aliphatic carboxylic acids is 1. The van der Waals surface area contributed by atoms with Crippen molar-refractivity contribution in [2.45, 2.75) is 26.3 Å². The van der Waals surface area contributed by atoms with Gasteiger partial charge in [0, 0.05) is 6.92 Å². The van der Waals surface area contributed by atoms with Gasteiger partial charge >= 0.3 is 5.97 Å². The van der Waals surface area contributed by atoms with Crippen LogP contribution in [0.2, 0.25) is 0 Å². The van der Waals surface area contributed by atoms with Crippen LogP contribution in [0, 0.1) is 13.8 Å². The van der Waals surface area contributed by atoms with Crippen LogP contribution in [0.1, 0.15) is 28.6 Å². The number of nitrogens with one attached hydrogen (secondary N) is 1. The Morgan fingerprint density at radius 1 is 1.44 bits per heavy atom. The summed E-state index contributed by atoms with van der Waals surface area (Å²) in [4.78, 5) is 37.1. The monoisotopic (exact) mass is 255 g/mol. The largest absolute Gasteiger partial charge is 0.480 e. The van der Waals surface area contributed by atoms with Crippen molar-refractivity contribution >= 4 is 17.8 Å². The van der Waals surface area contributed by atoms with Crippen LogP contribution < -0.4 is 11.1 Å². The summed E-state index contributed by atoms with van der Waals surface area (Å²) >= 11 is 0. The van der Waals surface area contributed by atoms with Gasteiger partial charge in [-0.25, -0.2) is 9.78 Å². The van der Waals surface area contributed by atoms with Gasteiger partial charge in [-0.1, -0.05) is 0 Å². The minimum absolute atomic E-state index is 0.0804. The number of nitrogens with zero attached hydrogens (tertiary/aromatic N) is 1. The fraction of sp³-hybridized carbons (Fsp3) is 0.400. The molecule has 0 aromatic carbocycles. The Bertz CT molecular complexity index is 494. The SMILES string of the molecule is Cc1nc(C)c(C(=O)N[C@@H](CC(N)=O)C(=O)O)o1. The summed E-state index contributed by atoms with van der Waals surface area (Å²) in [5.74, 6) is -2.71. The van der Waals surface area contributed by atoms with Gasteiger partial charge < -0.3 is 20.6 Å². The molecule has 0 saturated heterocycles. The lowest BCUT2D eigenvalue weighted by Gasteiger charge is -2.11. The summed E-state index contributed by atoms with van der Waals surface area (Å²) in [5, 5.41) is 11.0. The molecule has 2 amide bonds. The fourth-order valence-corrected chi connectivity index (χ4v) is 1.37. The second-order valence-corrected chi connectivity index (χ2v) is 3.68. The number of aryl methyl sites for hydroxylation is 2. The topological polar surface area (TPSA) is 136 Å². The molecule has 18 heavy (non-hydrogen) atoms. The number of amides is 2. The van der Waals surface area contributed by atoms with E-state index in [4.69, 9.17) is 15.3 Å². The summed E-state index contributed by atoms with van der Waals surface area (Å²) < 4.78 is 5.03. The van der Waals surface area contributed by atoms with Gasteiger partial charge in [-0.3, -0.25) is 9.59 Å². The number of hydrogen-bond donors (Lipinski definition) is 3. The summed E-state index contributed by atoms with van der Waals surface area (Å²) in [6, 6.07) is -1.39. The van der Waals surface area contributed by atoms with E-state index < -0.39 is 30.2 Å². The number of carboxylic acids is 1. The number of hydrogen-bond acceptors (Lipinski definition) is 5. The molecule has 0 spiro atoms. The van der Waals surface area contributed by atoms with Crippen LogP contribution in [-0.4, -0.2) is 33.9 Å². The lowest BCUT2D eigenvalue weighted by atomic mass is 10.2. The third kappa shape index (κ3) is 3.30. The van der Waals surface area contributed by atoms with Crippen LogP contribution in [-0.2, 0) is 9.59 Å². The van der Waals surface area contributed by atoms with E-state index in [1.807, 2.05) is 0 Å². The number of carboxylic acid groups (broad SMARTS) is 1. The predicted molar refractivity (Wildman–Crippen MR) is 58.7 cm³/mol. The average molecular weight is 255 g/mol. The summed E-state index contributed by atoms with van der Waals surface area (Å²) in [7, 11) is 0. The van der Waals surface area contributed by atoms with Crippen LogP contribution in [0.3, 0.4) is 0 Å². The van der Waals surface area contributed by atoms with Crippen LogP contribution in [0.4, 0.5) is 0 Å². The lowest BCUT2D eigenvalue weighted by Crippen LogP contribution is -2.43. The number of carbonyl (C=O) groups is 3. The molecule has 1 heterocycles. The van der Waals surface area contributed by atoms with E-state index in [0.29, 0.717) is 11.6 Å². The highest BCUT2D eigenvalue weighted by atomic mass is 16.4. The third-order valence-corrected chi connectivity index (χ3v) is 2.12. The van der Waals surface area contributed by atoms with Crippen molar-refractivity contribution in [1.82, 2.24) is 10.3 Å². The molecule has 0 radical (unpaired) electrons. The first-order chi connectivity index (χ1) is 8.31. The molecule has 0 bridgehead atoms. The number of primary amides is 1. The van der Waals surface area contributed by atoms with E-state index in [-0.39, 0.29) is 5.76 Å².